The van der Waals surface area contributed by atoms with E-state index in [1.54, 1.807) is 0 Å². The lowest BCUT2D eigenvalue weighted by molar-refractivity contribution is -0.432. The van der Waals surface area contributed by atoms with Crippen LogP contribution in [0.25, 0.3) is 0 Å². The number of nitrogens with zero attached hydrogens (tertiary/aromatic N) is 2. The van der Waals surface area contributed by atoms with Gasteiger partial charge in [-0.3, -0.25) is 14.3 Å². The van der Waals surface area contributed by atoms with Gasteiger partial charge in [-0.15, -0.1) is 36.5 Å². The van der Waals surface area contributed by atoms with Crippen molar-refractivity contribution in [1.82, 2.24) is 15.5 Å². The Morgan fingerprint density at radius 3 is 1.97 bits per heavy atom. The van der Waals surface area contributed by atoms with Gasteiger partial charge in [0.15, 0.2) is 11.4 Å². The van der Waals surface area contributed by atoms with Crippen molar-refractivity contribution < 1.29 is 49.8 Å². The number of hydrogen-bond donors (Lipinski definition) is 1. The maximum absolute atomic E-state index is 12.8. The van der Waals surface area contributed by atoms with Gasteiger partial charge in [-0.05, 0) is 44.9 Å². The molecule has 184 valence electrons. The van der Waals surface area contributed by atoms with E-state index in [1.807, 2.05) is 0 Å². The first-order valence-corrected chi connectivity index (χ1v) is 10.6. The highest BCUT2D eigenvalue weighted by atomic mass is 19.4. The number of amides is 1. The first-order chi connectivity index (χ1) is 15.3. The van der Waals surface area contributed by atoms with Gasteiger partial charge in [0.1, 0.15) is 6.61 Å². The molecule has 1 heterocycles. The second-order valence-electron chi connectivity index (χ2n) is 9.55. The van der Waals surface area contributed by atoms with E-state index in [9.17, 15) is 31.1 Å². The van der Waals surface area contributed by atoms with Gasteiger partial charge < -0.3 is 14.5 Å². The van der Waals surface area contributed by atoms with Gasteiger partial charge in [-0.25, -0.2) is 0 Å². The molecule has 1 N–H and O–H groups in total. The van der Waals surface area contributed by atoms with Crippen LogP contribution < -0.4 is 5.32 Å². The first kappa shape index (κ1) is 22.8. The van der Waals surface area contributed by atoms with E-state index >= 15 is 0 Å². The zero-order valence-corrected chi connectivity index (χ0v) is 17.3. The topological polar surface area (TPSA) is 95.7 Å². The maximum atomic E-state index is 12.8. The standard InChI is InChI=1S/C19H21F6N3O5/c20-18(21,22)32-16(3-1-4-16)13-28-27-12(31-13)14-8-15(9-14,10-14)26-11(29)7-30-17(5-2-6-17)33-19(23,24)25/h1-10H2,(H,26,29). The van der Waals surface area contributed by atoms with Gasteiger partial charge in [-0.1, -0.05) is 0 Å². The monoisotopic (exact) mass is 485 g/mol. The molecule has 5 aliphatic rings. The van der Waals surface area contributed by atoms with E-state index in [0.717, 1.165) is 0 Å². The van der Waals surface area contributed by atoms with Gasteiger partial charge >= 0.3 is 12.7 Å². The molecule has 8 nitrogen and oxygen atoms in total. The van der Waals surface area contributed by atoms with Crippen molar-refractivity contribution in [1.29, 1.82) is 0 Å². The summed E-state index contributed by atoms with van der Waals surface area (Å²) in [7, 11) is 0. The fraction of sp³-hybridized carbons (Fsp3) is 0.842. The third kappa shape index (κ3) is 4.09. The van der Waals surface area contributed by atoms with Crippen LogP contribution in [0, 0.1) is 0 Å². The van der Waals surface area contributed by atoms with Gasteiger partial charge in [0.05, 0.1) is 5.41 Å². The molecule has 0 saturated heterocycles. The van der Waals surface area contributed by atoms with E-state index < -0.39 is 47.6 Å². The molecule has 0 spiro atoms. The number of rotatable bonds is 8. The highest BCUT2D eigenvalue weighted by Gasteiger charge is 2.72. The normalized spacial score (nSPS) is 31.6. The molecule has 14 heteroatoms. The first-order valence-electron chi connectivity index (χ1n) is 10.6. The molecule has 0 aromatic carbocycles. The summed E-state index contributed by atoms with van der Waals surface area (Å²) in [6.45, 7) is -0.577. The second-order valence-corrected chi connectivity index (χ2v) is 9.55. The number of ether oxygens (including phenoxy) is 3. The summed E-state index contributed by atoms with van der Waals surface area (Å²) in [5.74, 6) is -2.38. The van der Waals surface area contributed by atoms with Crippen molar-refractivity contribution in [3.63, 3.8) is 0 Å². The minimum atomic E-state index is -4.86. The number of carbonyl (C=O) groups is 1. The number of hydrogen-bond acceptors (Lipinski definition) is 7. The summed E-state index contributed by atoms with van der Waals surface area (Å²) in [6.07, 6.45) is -6.98. The summed E-state index contributed by atoms with van der Waals surface area (Å²) < 4.78 is 95.0. The fourth-order valence-corrected chi connectivity index (χ4v) is 5.33. The molecule has 33 heavy (non-hydrogen) atoms. The van der Waals surface area contributed by atoms with E-state index in [4.69, 9.17) is 9.15 Å². The Kier molecular flexibility index (Phi) is 4.87. The molecule has 1 amide bonds. The van der Waals surface area contributed by atoms with Crippen LogP contribution in [-0.2, 0) is 30.0 Å². The molecule has 0 unspecified atom stereocenters. The molecule has 2 bridgehead atoms. The maximum Gasteiger partial charge on any atom is 0.524 e. The van der Waals surface area contributed by atoms with Crippen molar-refractivity contribution in [2.24, 2.45) is 0 Å². The third-order valence-corrected chi connectivity index (χ3v) is 7.06. The zero-order valence-electron chi connectivity index (χ0n) is 17.3. The molecule has 5 aliphatic carbocycles. The fourth-order valence-electron chi connectivity index (χ4n) is 5.33. The molecule has 5 fully saturated rings. The number of carbonyl (C=O) groups excluding carboxylic acids is 1. The van der Waals surface area contributed by atoms with Crippen molar-refractivity contribution in [2.75, 3.05) is 6.61 Å². The van der Waals surface area contributed by atoms with Crippen LogP contribution in [0.4, 0.5) is 26.3 Å². The van der Waals surface area contributed by atoms with Crippen molar-refractivity contribution in [3.05, 3.63) is 11.8 Å². The Labute approximate surface area is 183 Å². The Morgan fingerprint density at radius 1 is 0.909 bits per heavy atom. The number of nitrogens with one attached hydrogen (secondary N) is 1. The molecular formula is C19H21F6N3O5. The van der Waals surface area contributed by atoms with Crippen molar-refractivity contribution >= 4 is 5.91 Å². The summed E-state index contributed by atoms with van der Waals surface area (Å²) in [4.78, 5) is 12.2. The van der Waals surface area contributed by atoms with Gasteiger partial charge in [-0.2, -0.15) is 0 Å². The number of halogens is 6. The average Bonchev–Trinajstić information content (AvgIpc) is 3.03. The Morgan fingerprint density at radius 2 is 1.48 bits per heavy atom. The summed E-state index contributed by atoms with van der Waals surface area (Å²) in [5, 5.41) is 10.5. The zero-order chi connectivity index (χ0) is 23.8. The van der Waals surface area contributed by atoms with Crippen molar-refractivity contribution in [2.45, 2.75) is 92.9 Å². The molecule has 6 rings (SSSR count). The third-order valence-electron chi connectivity index (χ3n) is 7.06. The minimum Gasteiger partial charge on any atom is -0.421 e. The average molecular weight is 485 g/mol. The van der Waals surface area contributed by atoms with Gasteiger partial charge in [0.2, 0.25) is 17.7 Å². The van der Waals surface area contributed by atoms with Crippen LogP contribution in [-0.4, -0.2) is 46.8 Å². The van der Waals surface area contributed by atoms with Crippen LogP contribution in [0.3, 0.4) is 0 Å². The molecule has 1 aromatic rings. The highest BCUT2D eigenvalue weighted by molar-refractivity contribution is 5.79. The summed E-state index contributed by atoms with van der Waals surface area (Å²) in [5.41, 5.74) is -2.74. The van der Waals surface area contributed by atoms with Crippen LogP contribution in [0.15, 0.2) is 4.42 Å². The molecular weight excluding hydrogens is 464 g/mol. The number of alkyl halides is 6. The van der Waals surface area contributed by atoms with Gasteiger partial charge in [0.25, 0.3) is 0 Å². The quantitative estimate of drug-likeness (QED) is 0.443. The van der Waals surface area contributed by atoms with Crippen LogP contribution in [0.1, 0.15) is 69.6 Å². The van der Waals surface area contributed by atoms with E-state index in [0.29, 0.717) is 32.1 Å². The van der Waals surface area contributed by atoms with Crippen LogP contribution in [0.2, 0.25) is 0 Å². The van der Waals surface area contributed by atoms with Crippen LogP contribution >= 0.6 is 0 Å². The lowest BCUT2D eigenvalue weighted by Crippen LogP contribution is -2.77. The SMILES string of the molecule is O=C(COC1(OC(F)(F)F)CCC1)NC12CC(c3nnc(C4(OC(F)(F)F)CCC4)o3)(C1)C2. The Hall–Kier alpha value is -1.93. The Balaban J connectivity index is 1.14. The van der Waals surface area contributed by atoms with Crippen molar-refractivity contribution in [3.8, 4) is 0 Å². The summed E-state index contributed by atoms with van der Waals surface area (Å²) >= 11 is 0. The second kappa shape index (κ2) is 7.04. The van der Waals surface area contributed by atoms with Crippen LogP contribution in [0.5, 0.6) is 0 Å². The highest BCUT2D eigenvalue weighted by Crippen LogP contribution is 2.67. The van der Waals surface area contributed by atoms with Gasteiger partial charge in [0, 0.05) is 18.4 Å². The lowest BCUT2D eigenvalue weighted by Gasteiger charge is -2.68. The minimum absolute atomic E-state index is 0.0487. The predicted molar refractivity (Wildman–Crippen MR) is 93.0 cm³/mol. The predicted octanol–water partition coefficient (Wildman–Crippen LogP) is 3.71. The lowest BCUT2D eigenvalue weighted by atomic mass is 9.39. The molecule has 0 atom stereocenters. The molecule has 0 aliphatic heterocycles. The summed E-state index contributed by atoms with van der Waals surface area (Å²) in [6, 6.07) is 0. The van der Waals surface area contributed by atoms with E-state index in [1.165, 1.54) is 0 Å². The smallest absolute Gasteiger partial charge is 0.421 e. The molecule has 1 aromatic heterocycles. The van der Waals surface area contributed by atoms with E-state index in [2.05, 4.69) is 25.0 Å². The molecule has 0 radical (unpaired) electrons. The van der Waals surface area contributed by atoms with E-state index in [-0.39, 0.29) is 37.5 Å². The molecule has 5 saturated carbocycles. The number of aromatic nitrogens is 2. The largest absolute Gasteiger partial charge is 0.524 e. The Bertz CT molecular complexity index is 917.